The third kappa shape index (κ3) is 4.20. The lowest BCUT2D eigenvalue weighted by molar-refractivity contribution is 0.0340. The number of hydrogen-bond donors (Lipinski definition) is 1. The molecule has 0 radical (unpaired) electrons. The average Bonchev–Trinajstić information content (AvgIpc) is 3.04. The molecule has 1 aliphatic heterocycles. The van der Waals surface area contributed by atoms with E-state index in [0.717, 1.165) is 30.0 Å². The smallest absolute Gasteiger partial charge is 0.340 e. The number of nitrogens with zero attached hydrogens (tertiary/aromatic N) is 2. The van der Waals surface area contributed by atoms with Crippen LogP contribution in [0.5, 0.6) is 5.75 Å². The second kappa shape index (κ2) is 9.20. The molecule has 0 spiro atoms. The molecule has 6 nitrogen and oxygen atoms in total. The summed E-state index contributed by atoms with van der Waals surface area (Å²) in [7, 11) is 0. The van der Waals surface area contributed by atoms with Crippen molar-refractivity contribution >= 4 is 44.4 Å². The van der Waals surface area contributed by atoms with Gasteiger partial charge in [-0.05, 0) is 60.1 Å². The molecule has 1 N–H and O–H groups in total. The van der Waals surface area contributed by atoms with Crippen molar-refractivity contribution in [1.82, 2.24) is 9.47 Å². The highest BCUT2D eigenvalue weighted by molar-refractivity contribution is 9.10. The fourth-order valence-corrected chi connectivity index (χ4v) is 4.70. The van der Waals surface area contributed by atoms with E-state index in [1.54, 1.807) is 6.92 Å². The zero-order valence-corrected chi connectivity index (χ0v) is 19.8. The Morgan fingerprint density at radius 2 is 1.94 bits per heavy atom. The second-order valence-electron chi connectivity index (χ2n) is 7.46. The lowest BCUT2D eigenvalue weighted by Crippen LogP contribution is -2.35. The van der Waals surface area contributed by atoms with Gasteiger partial charge in [0.1, 0.15) is 5.75 Å². The van der Waals surface area contributed by atoms with Gasteiger partial charge in [-0.1, -0.05) is 11.6 Å². The van der Waals surface area contributed by atoms with Crippen molar-refractivity contribution < 1.29 is 19.4 Å². The lowest BCUT2D eigenvalue weighted by Gasteiger charge is -2.27. The summed E-state index contributed by atoms with van der Waals surface area (Å²) in [6, 6.07) is 9.29. The van der Waals surface area contributed by atoms with Gasteiger partial charge < -0.3 is 19.1 Å². The van der Waals surface area contributed by atoms with Crippen LogP contribution in [0.2, 0.25) is 5.02 Å². The quantitative estimate of drug-likeness (QED) is 0.489. The highest BCUT2D eigenvalue weighted by atomic mass is 79.9. The van der Waals surface area contributed by atoms with Crippen molar-refractivity contribution in [2.24, 2.45) is 0 Å². The molecule has 164 valence electrons. The maximum atomic E-state index is 13.0. The Balaban J connectivity index is 2.00. The zero-order valence-electron chi connectivity index (χ0n) is 17.5. The van der Waals surface area contributed by atoms with Gasteiger partial charge in [0.05, 0.1) is 35.4 Å². The number of morpholine rings is 1. The van der Waals surface area contributed by atoms with Gasteiger partial charge in [-0.25, -0.2) is 4.79 Å². The number of ether oxygens (including phenoxy) is 2. The van der Waals surface area contributed by atoms with Crippen LogP contribution in [-0.2, 0) is 16.0 Å². The minimum absolute atomic E-state index is 0.137. The molecule has 1 fully saturated rings. The van der Waals surface area contributed by atoms with E-state index in [1.165, 1.54) is 0 Å². The molecular formula is C23H24BrClN2O4. The van der Waals surface area contributed by atoms with Gasteiger partial charge in [0.15, 0.2) is 0 Å². The SMILES string of the molecule is CCOC(=O)c1c(C)n(-c2ccc(Cl)cc2)c2cc(Br)c(O)c(CN3CCOCC3)c12. The van der Waals surface area contributed by atoms with Crippen LogP contribution >= 0.6 is 27.5 Å². The van der Waals surface area contributed by atoms with Gasteiger partial charge in [0, 0.05) is 47.0 Å². The van der Waals surface area contributed by atoms with Crippen LogP contribution in [0, 0.1) is 6.92 Å². The third-order valence-corrected chi connectivity index (χ3v) is 6.43. The molecular weight excluding hydrogens is 484 g/mol. The van der Waals surface area contributed by atoms with Crippen LogP contribution in [0.4, 0.5) is 0 Å². The Bertz CT molecular complexity index is 1120. The Hall–Kier alpha value is -2.06. The summed E-state index contributed by atoms with van der Waals surface area (Å²) in [6.45, 7) is 7.27. The minimum atomic E-state index is -0.400. The van der Waals surface area contributed by atoms with E-state index >= 15 is 0 Å². The molecule has 1 saturated heterocycles. The normalized spacial score (nSPS) is 14.8. The fraction of sp³-hybridized carbons (Fsp3) is 0.348. The number of benzene rings is 2. The number of hydrogen-bond acceptors (Lipinski definition) is 5. The summed E-state index contributed by atoms with van der Waals surface area (Å²) in [4.78, 5) is 15.3. The van der Waals surface area contributed by atoms with Crippen molar-refractivity contribution in [2.75, 3.05) is 32.9 Å². The Kier molecular flexibility index (Phi) is 6.57. The van der Waals surface area contributed by atoms with Crippen LogP contribution in [-0.4, -0.2) is 53.5 Å². The molecule has 8 heteroatoms. The van der Waals surface area contributed by atoms with E-state index in [2.05, 4.69) is 20.8 Å². The van der Waals surface area contributed by atoms with Crippen LogP contribution in [0.25, 0.3) is 16.6 Å². The molecule has 2 heterocycles. The maximum absolute atomic E-state index is 13.0. The summed E-state index contributed by atoms with van der Waals surface area (Å²) in [6.07, 6.45) is 0. The van der Waals surface area contributed by atoms with Crippen molar-refractivity contribution in [3.8, 4) is 11.4 Å². The highest BCUT2D eigenvalue weighted by Gasteiger charge is 2.28. The first-order valence-corrected chi connectivity index (χ1v) is 11.4. The summed E-state index contributed by atoms with van der Waals surface area (Å²) in [5, 5.41) is 12.3. The van der Waals surface area contributed by atoms with Gasteiger partial charge >= 0.3 is 5.97 Å². The van der Waals surface area contributed by atoms with E-state index in [4.69, 9.17) is 21.1 Å². The van der Waals surface area contributed by atoms with Crippen molar-refractivity contribution in [3.63, 3.8) is 0 Å². The number of aromatic hydroxyl groups is 1. The minimum Gasteiger partial charge on any atom is -0.506 e. The van der Waals surface area contributed by atoms with Crippen LogP contribution in [0.3, 0.4) is 0 Å². The molecule has 1 aliphatic rings. The molecule has 4 rings (SSSR count). The number of phenols is 1. The largest absolute Gasteiger partial charge is 0.506 e. The Morgan fingerprint density at radius 1 is 1.26 bits per heavy atom. The van der Waals surface area contributed by atoms with E-state index in [-0.39, 0.29) is 12.4 Å². The predicted octanol–water partition coefficient (Wildman–Crippen LogP) is 5.07. The number of esters is 1. The van der Waals surface area contributed by atoms with Gasteiger partial charge in [0.2, 0.25) is 0 Å². The first-order valence-electron chi connectivity index (χ1n) is 10.2. The number of halogens is 2. The number of rotatable bonds is 5. The van der Waals surface area contributed by atoms with Crippen LogP contribution < -0.4 is 0 Å². The van der Waals surface area contributed by atoms with Crippen molar-refractivity contribution in [2.45, 2.75) is 20.4 Å². The molecule has 2 aromatic carbocycles. The molecule has 0 aliphatic carbocycles. The maximum Gasteiger partial charge on any atom is 0.340 e. The van der Waals surface area contributed by atoms with Crippen molar-refractivity contribution in [3.05, 3.63) is 56.6 Å². The van der Waals surface area contributed by atoms with E-state index in [0.29, 0.717) is 45.8 Å². The highest BCUT2D eigenvalue weighted by Crippen LogP contribution is 2.41. The molecule has 0 amide bonds. The second-order valence-corrected chi connectivity index (χ2v) is 8.75. The first kappa shape index (κ1) is 22.1. The average molecular weight is 508 g/mol. The van der Waals surface area contributed by atoms with E-state index in [9.17, 15) is 9.90 Å². The number of aromatic nitrogens is 1. The number of phenolic OH excluding ortho intramolecular Hbond substituents is 1. The van der Waals surface area contributed by atoms with Gasteiger partial charge in [-0.2, -0.15) is 0 Å². The lowest BCUT2D eigenvalue weighted by atomic mass is 10.0. The summed E-state index contributed by atoms with van der Waals surface area (Å²) >= 11 is 9.60. The van der Waals surface area contributed by atoms with E-state index < -0.39 is 5.97 Å². The third-order valence-electron chi connectivity index (χ3n) is 5.57. The predicted molar refractivity (Wildman–Crippen MR) is 124 cm³/mol. The molecule has 0 bridgehead atoms. The molecule has 0 atom stereocenters. The van der Waals surface area contributed by atoms with Crippen molar-refractivity contribution in [1.29, 1.82) is 0 Å². The molecule has 1 aromatic heterocycles. The Morgan fingerprint density at radius 3 is 2.58 bits per heavy atom. The van der Waals surface area contributed by atoms with E-state index in [1.807, 2.05) is 41.8 Å². The van der Waals surface area contributed by atoms with Crippen LogP contribution in [0.15, 0.2) is 34.8 Å². The summed E-state index contributed by atoms with van der Waals surface area (Å²) < 4.78 is 13.4. The molecule has 3 aromatic rings. The van der Waals surface area contributed by atoms with Crippen LogP contribution in [0.1, 0.15) is 28.5 Å². The first-order chi connectivity index (χ1) is 14.9. The van der Waals surface area contributed by atoms with Gasteiger partial charge in [-0.15, -0.1) is 0 Å². The summed E-state index contributed by atoms with van der Waals surface area (Å²) in [5.74, 6) is -0.263. The standard InChI is InChI=1S/C23H24BrClN2O4/c1-3-31-23(29)20-14(2)27(16-6-4-15(25)5-7-16)19-12-18(24)22(28)17(21(19)20)13-26-8-10-30-11-9-26/h4-7,12,28H,3,8-11,13H2,1-2H3. The summed E-state index contributed by atoms with van der Waals surface area (Å²) in [5.41, 5.74) is 3.60. The topological polar surface area (TPSA) is 63.9 Å². The molecule has 0 unspecified atom stereocenters. The zero-order chi connectivity index (χ0) is 22.1. The molecule has 31 heavy (non-hydrogen) atoms. The monoisotopic (exact) mass is 506 g/mol. The fourth-order valence-electron chi connectivity index (χ4n) is 4.12. The number of carbonyl (C=O) groups excluding carboxylic acids is 1. The number of carbonyl (C=O) groups is 1. The van der Waals surface area contributed by atoms with Gasteiger partial charge in [-0.3, -0.25) is 4.90 Å². The Labute approximate surface area is 194 Å². The van der Waals surface area contributed by atoms with Gasteiger partial charge in [0.25, 0.3) is 0 Å². The molecule has 0 saturated carbocycles. The number of fused-ring (bicyclic) bond motifs is 1.